The van der Waals surface area contributed by atoms with Crippen molar-refractivity contribution in [2.75, 3.05) is 18.0 Å². The fourth-order valence-corrected chi connectivity index (χ4v) is 2.15. The molecule has 0 bridgehead atoms. The Balaban J connectivity index is 2.38. The summed E-state index contributed by atoms with van der Waals surface area (Å²) in [6.45, 7) is 2.67. The average molecular weight is 225 g/mol. The summed E-state index contributed by atoms with van der Waals surface area (Å²) in [6, 6.07) is 4.69. The van der Waals surface area contributed by atoms with E-state index in [2.05, 4.69) is 0 Å². The molecule has 0 aromatic heterocycles. The van der Waals surface area contributed by atoms with Crippen LogP contribution < -0.4 is 4.90 Å². The molecule has 1 unspecified atom stereocenters. The van der Waals surface area contributed by atoms with Crippen LogP contribution in [0.5, 0.6) is 0 Å². The molecule has 3 nitrogen and oxygen atoms in total. The third-order valence-electron chi connectivity index (χ3n) is 2.95. The number of anilines is 1. The zero-order valence-corrected chi connectivity index (χ0v) is 9.23. The number of nitrogens with zero attached hydrogens (tertiary/aromatic N) is 1. The molecule has 0 radical (unpaired) electrons. The summed E-state index contributed by atoms with van der Waals surface area (Å²) >= 11 is 0. The molecule has 0 saturated carbocycles. The molecule has 88 valence electrons. The van der Waals surface area contributed by atoms with Crippen molar-refractivity contribution < 1.29 is 14.6 Å². The number of β-amino-alcohol motifs (C(OH)–C–C–N with tert-alkyl or cyclic N) is 1. The number of hydrogen-bond acceptors (Lipinski definition) is 3. The van der Waals surface area contributed by atoms with Crippen LogP contribution in [0.3, 0.4) is 0 Å². The Kier molecular flexibility index (Phi) is 3.12. The summed E-state index contributed by atoms with van der Waals surface area (Å²) in [5, 5.41) is 19.1. The summed E-state index contributed by atoms with van der Waals surface area (Å²) in [6.07, 6.45) is -0.460. The molecular weight excluding hydrogens is 209 g/mol. The molecule has 1 fully saturated rings. The van der Waals surface area contributed by atoms with Crippen molar-refractivity contribution in [1.29, 1.82) is 0 Å². The minimum Gasteiger partial charge on any atom is -0.391 e. The lowest BCUT2D eigenvalue weighted by Crippen LogP contribution is -2.24. The molecule has 4 heteroatoms. The van der Waals surface area contributed by atoms with Gasteiger partial charge in [-0.25, -0.2) is 4.39 Å². The first-order valence-corrected chi connectivity index (χ1v) is 5.49. The summed E-state index contributed by atoms with van der Waals surface area (Å²) in [5.41, 5.74) is 1.00. The monoisotopic (exact) mass is 225 g/mol. The standard InChI is InChI=1S/C12H16FNO2/c1-8(15)10-3-2-4-11(13)12(10)14-6-5-9(16)7-14/h2-4,8-9,15-16H,5-7H2,1H3/t8-,9?/m1/s1. The highest BCUT2D eigenvalue weighted by Crippen LogP contribution is 2.31. The van der Waals surface area contributed by atoms with Crippen molar-refractivity contribution in [1.82, 2.24) is 0 Å². The first-order chi connectivity index (χ1) is 7.59. The Labute approximate surface area is 94.1 Å². The van der Waals surface area contributed by atoms with Crippen molar-refractivity contribution in [3.63, 3.8) is 0 Å². The second-order valence-electron chi connectivity index (χ2n) is 4.24. The van der Waals surface area contributed by atoms with E-state index >= 15 is 0 Å². The van der Waals surface area contributed by atoms with E-state index in [1.54, 1.807) is 24.0 Å². The van der Waals surface area contributed by atoms with Gasteiger partial charge in [-0.05, 0) is 19.4 Å². The van der Waals surface area contributed by atoms with Crippen LogP contribution in [0.4, 0.5) is 10.1 Å². The topological polar surface area (TPSA) is 43.7 Å². The summed E-state index contributed by atoms with van der Waals surface area (Å²) in [4.78, 5) is 1.79. The predicted octanol–water partition coefficient (Wildman–Crippen LogP) is 1.45. The van der Waals surface area contributed by atoms with Gasteiger partial charge in [0.05, 0.1) is 17.9 Å². The first-order valence-electron chi connectivity index (χ1n) is 5.49. The zero-order valence-electron chi connectivity index (χ0n) is 9.23. The maximum absolute atomic E-state index is 13.8. The van der Waals surface area contributed by atoms with Crippen molar-refractivity contribution >= 4 is 5.69 Å². The molecule has 0 spiro atoms. The van der Waals surface area contributed by atoms with Crippen LogP contribution in [0.25, 0.3) is 0 Å². The van der Waals surface area contributed by atoms with E-state index < -0.39 is 12.2 Å². The highest BCUT2D eigenvalue weighted by Gasteiger charge is 2.25. The number of halogens is 1. The van der Waals surface area contributed by atoms with Crippen molar-refractivity contribution in [3.05, 3.63) is 29.6 Å². The number of aliphatic hydroxyl groups is 2. The van der Waals surface area contributed by atoms with Crippen molar-refractivity contribution in [3.8, 4) is 0 Å². The molecule has 0 aliphatic carbocycles. The molecule has 0 amide bonds. The van der Waals surface area contributed by atoms with Gasteiger partial charge in [-0.3, -0.25) is 0 Å². The van der Waals surface area contributed by atoms with Crippen LogP contribution in [0, 0.1) is 5.82 Å². The number of benzene rings is 1. The fourth-order valence-electron chi connectivity index (χ4n) is 2.15. The molecule has 1 aliphatic rings. The highest BCUT2D eigenvalue weighted by molar-refractivity contribution is 5.56. The van der Waals surface area contributed by atoms with Gasteiger partial charge in [0.2, 0.25) is 0 Å². The molecule has 1 heterocycles. The lowest BCUT2D eigenvalue weighted by atomic mass is 10.1. The van der Waals surface area contributed by atoms with Gasteiger partial charge >= 0.3 is 0 Å². The maximum Gasteiger partial charge on any atom is 0.146 e. The molecule has 2 atom stereocenters. The van der Waals surface area contributed by atoms with E-state index in [1.807, 2.05) is 0 Å². The summed E-state index contributed by atoms with van der Waals surface area (Å²) in [7, 11) is 0. The van der Waals surface area contributed by atoms with Gasteiger partial charge < -0.3 is 15.1 Å². The van der Waals surface area contributed by atoms with E-state index in [4.69, 9.17) is 0 Å². The van der Waals surface area contributed by atoms with Crippen LogP contribution in [-0.4, -0.2) is 29.4 Å². The second kappa shape index (κ2) is 4.39. The van der Waals surface area contributed by atoms with Crippen LogP contribution in [-0.2, 0) is 0 Å². The minimum atomic E-state index is -0.705. The number of rotatable bonds is 2. The lowest BCUT2D eigenvalue weighted by molar-refractivity contribution is 0.195. The molecule has 1 aliphatic heterocycles. The van der Waals surface area contributed by atoms with Gasteiger partial charge in [0, 0.05) is 18.7 Å². The predicted molar refractivity (Wildman–Crippen MR) is 59.9 cm³/mol. The maximum atomic E-state index is 13.8. The third kappa shape index (κ3) is 2.03. The second-order valence-corrected chi connectivity index (χ2v) is 4.24. The van der Waals surface area contributed by atoms with Gasteiger partial charge in [0.25, 0.3) is 0 Å². The Morgan fingerprint density at radius 2 is 2.25 bits per heavy atom. The Bertz CT molecular complexity index is 381. The molecule has 2 rings (SSSR count). The van der Waals surface area contributed by atoms with Gasteiger partial charge in [-0.1, -0.05) is 12.1 Å². The molecule has 16 heavy (non-hydrogen) atoms. The normalized spacial score (nSPS) is 22.5. The highest BCUT2D eigenvalue weighted by atomic mass is 19.1. The summed E-state index contributed by atoms with van der Waals surface area (Å²) < 4.78 is 13.8. The first kappa shape index (κ1) is 11.4. The van der Waals surface area contributed by atoms with E-state index in [0.29, 0.717) is 30.8 Å². The van der Waals surface area contributed by atoms with Crippen LogP contribution in [0.2, 0.25) is 0 Å². The molecule has 1 aromatic carbocycles. The van der Waals surface area contributed by atoms with E-state index in [9.17, 15) is 14.6 Å². The SMILES string of the molecule is C[C@@H](O)c1cccc(F)c1N1CCC(O)C1. The Morgan fingerprint density at radius 3 is 2.81 bits per heavy atom. The van der Waals surface area contributed by atoms with Crippen molar-refractivity contribution in [2.24, 2.45) is 0 Å². The third-order valence-corrected chi connectivity index (χ3v) is 2.95. The van der Waals surface area contributed by atoms with Gasteiger partial charge in [-0.15, -0.1) is 0 Å². The zero-order chi connectivity index (χ0) is 11.7. The Morgan fingerprint density at radius 1 is 1.50 bits per heavy atom. The van der Waals surface area contributed by atoms with Gasteiger partial charge in [0.1, 0.15) is 5.82 Å². The molecule has 1 saturated heterocycles. The van der Waals surface area contributed by atoms with Crippen LogP contribution in [0.1, 0.15) is 25.0 Å². The van der Waals surface area contributed by atoms with Gasteiger partial charge in [0.15, 0.2) is 0 Å². The number of para-hydroxylation sites is 1. The largest absolute Gasteiger partial charge is 0.391 e. The Hall–Kier alpha value is -1.13. The molecule has 2 N–H and O–H groups in total. The summed E-state index contributed by atoms with van der Waals surface area (Å²) in [5.74, 6) is -0.340. The van der Waals surface area contributed by atoms with Crippen molar-refractivity contribution in [2.45, 2.75) is 25.6 Å². The van der Waals surface area contributed by atoms with E-state index in [0.717, 1.165) is 0 Å². The van der Waals surface area contributed by atoms with E-state index in [1.165, 1.54) is 6.07 Å². The fraction of sp³-hybridized carbons (Fsp3) is 0.500. The number of hydrogen-bond donors (Lipinski definition) is 2. The quantitative estimate of drug-likeness (QED) is 0.800. The van der Waals surface area contributed by atoms with Gasteiger partial charge in [-0.2, -0.15) is 0 Å². The molecule has 1 aromatic rings. The average Bonchev–Trinajstić information content (AvgIpc) is 2.64. The smallest absolute Gasteiger partial charge is 0.146 e. The number of aliphatic hydroxyl groups excluding tert-OH is 2. The van der Waals surface area contributed by atoms with Crippen LogP contribution in [0.15, 0.2) is 18.2 Å². The minimum absolute atomic E-state index is 0.340. The van der Waals surface area contributed by atoms with E-state index in [-0.39, 0.29) is 5.82 Å². The molecular formula is C12H16FNO2. The lowest BCUT2D eigenvalue weighted by Gasteiger charge is -2.23. The van der Waals surface area contributed by atoms with Crippen LogP contribution >= 0.6 is 0 Å².